The first-order valence-corrected chi connectivity index (χ1v) is 8.56. The SMILES string of the molecule is C[C@@H](CCSc1ccccc1)N1CCN(CC(N)=O)CC1. The molecule has 2 rings (SSSR count). The predicted octanol–water partition coefficient (Wildman–Crippen LogP) is 1.66. The number of benzene rings is 1. The van der Waals surface area contributed by atoms with E-state index in [-0.39, 0.29) is 5.91 Å². The third-order valence-electron chi connectivity index (χ3n) is 3.96. The van der Waals surface area contributed by atoms with Crippen molar-refractivity contribution >= 4 is 17.7 Å². The van der Waals surface area contributed by atoms with Crippen molar-refractivity contribution in [3.8, 4) is 0 Å². The average molecular weight is 307 g/mol. The first kappa shape index (κ1) is 16.3. The molecule has 1 aromatic rings. The van der Waals surface area contributed by atoms with E-state index < -0.39 is 0 Å². The Labute approximate surface area is 131 Å². The first-order chi connectivity index (χ1) is 10.1. The van der Waals surface area contributed by atoms with Crippen molar-refractivity contribution in [1.82, 2.24) is 9.80 Å². The Morgan fingerprint density at radius 1 is 1.24 bits per heavy atom. The van der Waals surface area contributed by atoms with Crippen LogP contribution >= 0.6 is 11.8 Å². The highest BCUT2D eigenvalue weighted by molar-refractivity contribution is 7.99. The summed E-state index contributed by atoms with van der Waals surface area (Å²) in [5.41, 5.74) is 5.24. The van der Waals surface area contributed by atoms with Crippen LogP contribution in [0.2, 0.25) is 0 Å². The number of rotatable bonds is 7. The van der Waals surface area contributed by atoms with E-state index in [9.17, 15) is 4.79 Å². The maximum Gasteiger partial charge on any atom is 0.231 e. The van der Waals surface area contributed by atoms with Crippen molar-refractivity contribution < 1.29 is 4.79 Å². The number of nitrogens with zero attached hydrogens (tertiary/aromatic N) is 2. The molecule has 0 spiro atoms. The molecule has 2 N–H and O–H groups in total. The zero-order chi connectivity index (χ0) is 15.1. The van der Waals surface area contributed by atoms with Crippen LogP contribution in [0.15, 0.2) is 35.2 Å². The van der Waals surface area contributed by atoms with Crippen LogP contribution in [0.3, 0.4) is 0 Å². The maximum absolute atomic E-state index is 10.9. The molecule has 0 unspecified atom stereocenters. The fraction of sp³-hybridized carbons (Fsp3) is 0.562. The summed E-state index contributed by atoms with van der Waals surface area (Å²) in [4.78, 5) is 16.9. The molecule has 0 saturated carbocycles. The lowest BCUT2D eigenvalue weighted by atomic mass is 10.2. The highest BCUT2D eigenvalue weighted by Crippen LogP contribution is 2.20. The summed E-state index contributed by atoms with van der Waals surface area (Å²) in [5.74, 6) is 0.919. The second-order valence-corrected chi connectivity index (χ2v) is 6.75. The van der Waals surface area contributed by atoms with Gasteiger partial charge in [0, 0.05) is 37.1 Å². The number of primary amides is 1. The van der Waals surface area contributed by atoms with E-state index in [1.54, 1.807) is 0 Å². The molecule has 0 bridgehead atoms. The Morgan fingerprint density at radius 2 is 1.90 bits per heavy atom. The number of nitrogens with two attached hydrogens (primary N) is 1. The van der Waals surface area contributed by atoms with Gasteiger partial charge in [0.25, 0.3) is 0 Å². The molecular formula is C16H25N3OS. The standard InChI is InChI=1S/C16H25N3OS/c1-14(7-12-21-15-5-3-2-4-6-15)19-10-8-18(9-11-19)13-16(17)20/h2-6,14H,7-13H2,1H3,(H2,17,20)/t14-/m0/s1. The lowest BCUT2D eigenvalue weighted by molar-refractivity contribution is -0.119. The number of amides is 1. The number of thioether (sulfide) groups is 1. The van der Waals surface area contributed by atoms with Crippen molar-refractivity contribution in [3.05, 3.63) is 30.3 Å². The number of hydrogen-bond donors (Lipinski definition) is 1. The summed E-state index contributed by atoms with van der Waals surface area (Å²) in [6.07, 6.45) is 1.19. The van der Waals surface area contributed by atoms with E-state index in [0.29, 0.717) is 12.6 Å². The largest absolute Gasteiger partial charge is 0.369 e. The van der Waals surface area contributed by atoms with Gasteiger partial charge < -0.3 is 5.73 Å². The molecule has 1 saturated heterocycles. The minimum absolute atomic E-state index is 0.226. The fourth-order valence-electron chi connectivity index (χ4n) is 2.63. The summed E-state index contributed by atoms with van der Waals surface area (Å²) in [6, 6.07) is 11.2. The second kappa shape index (κ2) is 8.41. The number of hydrogen-bond acceptors (Lipinski definition) is 4. The van der Waals surface area contributed by atoms with Gasteiger partial charge in [-0.1, -0.05) is 18.2 Å². The Kier molecular flexibility index (Phi) is 6.54. The van der Waals surface area contributed by atoms with Gasteiger partial charge in [0.2, 0.25) is 5.91 Å². The van der Waals surface area contributed by atoms with Gasteiger partial charge in [-0.15, -0.1) is 11.8 Å². The minimum atomic E-state index is -0.226. The lowest BCUT2D eigenvalue weighted by Gasteiger charge is -2.37. The van der Waals surface area contributed by atoms with Crippen LogP contribution in [0.25, 0.3) is 0 Å². The molecule has 1 aliphatic heterocycles. The zero-order valence-corrected chi connectivity index (χ0v) is 13.5. The van der Waals surface area contributed by atoms with Crippen LogP contribution in [0.4, 0.5) is 0 Å². The van der Waals surface area contributed by atoms with E-state index in [0.717, 1.165) is 31.9 Å². The van der Waals surface area contributed by atoms with Crippen LogP contribution in [-0.4, -0.2) is 60.2 Å². The molecule has 1 aliphatic rings. The molecule has 0 radical (unpaired) electrons. The highest BCUT2D eigenvalue weighted by atomic mass is 32.2. The number of carbonyl (C=O) groups is 1. The summed E-state index contributed by atoms with van der Waals surface area (Å²) < 4.78 is 0. The molecule has 21 heavy (non-hydrogen) atoms. The molecular weight excluding hydrogens is 282 g/mol. The van der Waals surface area contributed by atoms with E-state index in [1.807, 2.05) is 11.8 Å². The Hall–Kier alpha value is -1.04. The van der Waals surface area contributed by atoms with Gasteiger partial charge in [-0.25, -0.2) is 0 Å². The Bertz CT molecular complexity index is 432. The fourth-order valence-corrected chi connectivity index (χ4v) is 3.67. The third-order valence-corrected chi connectivity index (χ3v) is 5.00. The second-order valence-electron chi connectivity index (χ2n) is 5.58. The Morgan fingerprint density at radius 3 is 2.52 bits per heavy atom. The maximum atomic E-state index is 10.9. The number of carbonyl (C=O) groups excluding carboxylic acids is 1. The first-order valence-electron chi connectivity index (χ1n) is 7.57. The molecule has 4 nitrogen and oxygen atoms in total. The van der Waals surface area contributed by atoms with Crippen molar-refractivity contribution in [2.75, 3.05) is 38.5 Å². The van der Waals surface area contributed by atoms with Crippen LogP contribution in [0.1, 0.15) is 13.3 Å². The van der Waals surface area contributed by atoms with E-state index in [1.165, 1.54) is 11.3 Å². The summed E-state index contributed by atoms with van der Waals surface area (Å²) in [5, 5.41) is 0. The van der Waals surface area contributed by atoms with Crippen LogP contribution in [-0.2, 0) is 4.79 Å². The van der Waals surface area contributed by atoms with Gasteiger partial charge in [-0.3, -0.25) is 14.6 Å². The predicted molar refractivity (Wildman–Crippen MR) is 88.5 cm³/mol. The molecule has 1 aromatic carbocycles. The van der Waals surface area contributed by atoms with Crippen molar-refractivity contribution in [1.29, 1.82) is 0 Å². The van der Waals surface area contributed by atoms with Crippen LogP contribution in [0.5, 0.6) is 0 Å². The molecule has 1 amide bonds. The minimum Gasteiger partial charge on any atom is -0.369 e. The number of piperazine rings is 1. The van der Waals surface area contributed by atoms with Crippen LogP contribution in [0, 0.1) is 0 Å². The molecule has 1 fully saturated rings. The third kappa shape index (κ3) is 5.69. The summed E-state index contributed by atoms with van der Waals surface area (Å²) in [7, 11) is 0. The van der Waals surface area contributed by atoms with Gasteiger partial charge in [0.1, 0.15) is 0 Å². The van der Waals surface area contributed by atoms with Crippen molar-refractivity contribution in [2.24, 2.45) is 5.73 Å². The van der Waals surface area contributed by atoms with Gasteiger partial charge in [-0.2, -0.15) is 0 Å². The average Bonchev–Trinajstić information content (AvgIpc) is 2.48. The van der Waals surface area contributed by atoms with E-state index in [2.05, 4.69) is 47.1 Å². The van der Waals surface area contributed by atoms with Crippen molar-refractivity contribution in [3.63, 3.8) is 0 Å². The van der Waals surface area contributed by atoms with E-state index >= 15 is 0 Å². The molecule has 1 heterocycles. The summed E-state index contributed by atoms with van der Waals surface area (Å²) in [6.45, 7) is 6.65. The molecule has 0 aromatic heterocycles. The molecule has 116 valence electrons. The van der Waals surface area contributed by atoms with Gasteiger partial charge in [-0.05, 0) is 31.2 Å². The Balaban J connectivity index is 1.65. The zero-order valence-electron chi connectivity index (χ0n) is 12.7. The molecule has 1 atom stereocenters. The van der Waals surface area contributed by atoms with Crippen molar-refractivity contribution in [2.45, 2.75) is 24.3 Å². The highest BCUT2D eigenvalue weighted by Gasteiger charge is 2.21. The smallest absolute Gasteiger partial charge is 0.231 e. The van der Waals surface area contributed by atoms with Gasteiger partial charge >= 0.3 is 0 Å². The monoisotopic (exact) mass is 307 g/mol. The molecule has 0 aliphatic carbocycles. The summed E-state index contributed by atoms with van der Waals surface area (Å²) >= 11 is 1.92. The normalized spacial score (nSPS) is 18.5. The van der Waals surface area contributed by atoms with Gasteiger partial charge in [0.05, 0.1) is 6.54 Å². The molecule has 5 heteroatoms. The van der Waals surface area contributed by atoms with Gasteiger partial charge in [0.15, 0.2) is 0 Å². The quantitative estimate of drug-likeness (QED) is 0.778. The lowest BCUT2D eigenvalue weighted by Crippen LogP contribution is -2.51. The van der Waals surface area contributed by atoms with Crippen LogP contribution < -0.4 is 5.73 Å². The van der Waals surface area contributed by atoms with E-state index in [4.69, 9.17) is 5.73 Å². The topological polar surface area (TPSA) is 49.6 Å².